The predicted molar refractivity (Wildman–Crippen MR) is 77.0 cm³/mol. The average molecular weight is 270 g/mol. The summed E-state index contributed by atoms with van der Waals surface area (Å²) < 4.78 is 10.2. The molecule has 0 aliphatic rings. The molecule has 5 nitrogen and oxygen atoms in total. The van der Waals surface area contributed by atoms with E-state index >= 15 is 0 Å². The lowest BCUT2D eigenvalue weighted by Gasteiger charge is -2.09. The minimum absolute atomic E-state index is 0.466. The Morgan fingerprint density at radius 3 is 2.60 bits per heavy atom. The fourth-order valence-corrected chi connectivity index (χ4v) is 1.65. The van der Waals surface area contributed by atoms with Gasteiger partial charge in [-0.3, -0.25) is 5.32 Å². The normalized spacial score (nSPS) is 9.65. The van der Waals surface area contributed by atoms with Crippen molar-refractivity contribution in [3.8, 4) is 11.5 Å². The monoisotopic (exact) mass is 270 g/mol. The Labute approximate surface area is 116 Å². The van der Waals surface area contributed by atoms with E-state index < -0.39 is 6.09 Å². The third-order valence-corrected chi connectivity index (χ3v) is 2.59. The minimum Gasteiger partial charge on any atom is -0.496 e. The van der Waals surface area contributed by atoms with Crippen molar-refractivity contribution in [1.82, 2.24) is 0 Å². The van der Waals surface area contributed by atoms with E-state index in [1.165, 1.54) is 13.3 Å². The molecule has 0 unspecified atom stereocenters. The molecule has 20 heavy (non-hydrogen) atoms. The van der Waals surface area contributed by atoms with Crippen molar-refractivity contribution < 1.29 is 14.3 Å². The number of para-hydroxylation sites is 1. The fourth-order valence-electron chi connectivity index (χ4n) is 1.65. The Balaban J connectivity index is 2.06. The molecule has 0 spiro atoms. The summed E-state index contributed by atoms with van der Waals surface area (Å²) in [6.07, 6.45) is 0.603. The Hall–Kier alpha value is -2.82. The molecular weight excluding hydrogens is 256 g/mol. The Kier molecular flexibility index (Phi) is 4.34. The second-order valence-electron chi connectivity index (χ2n) is 3.93. The van der Waals surface area contributed by atoms with Gasteiger partial charge in [-0.2, -0.15) is 0 Å². The molecule has 2 aromatic rings. The highest BCUT2D eigenvalue weighted by atomic mass is 16.6. The van der Waals surface area contributed by atoms with Crippen LogP contribution in [-0.4, -0.2) is 19.4 Å². The van der Waals surface area contributed by atoms with Gasteiger partial charge in [-0.15, -0.1) is 0 Å². The lowest BCUT2D eigenvalue weighted by Crippen LogP contribution is -2.16. The lowest BCUT2D eigenvalue weighted by molar-refractivity contribution is 0.215. The topological polar surface area (TPSA) is 71.4 Å². The van der Waals surface area contributed by atoms with E-state index in [-0.39, 0.29) is 0 Å². The van der Waals surface area contributed by atoms with Gasteiger partial charge in [0.05, 0.1) is 7.11 Å². The van der Waals surface area contributed by atoms with Crippen LogP contribution in [0.25, 0.3) is 0 Å². The summed E-state index contributed by atoms with van der Waals surface area (Å²) in [6, 6.07) is 13.8. The number of hydrogen-bond acceptors (Lipinski definition) is 4. The van der Waals surface area contributed by atoms with Crippen molar-refractivity contribution >= 4 is 18.0 Å². The number of hydrogen-bond donors (Lipinski definition) is 2. The van der Waals surface area contributed by atoms with Crippen molar-refractivity contribution in [2.24, 2.45) is 0 Å². The van der Waals surface area contributed by atoms with E-state index in [1.807, 2.05) is 6.07 Å². The number of amides is 1. The highest BCUT2D eigenvalue weighted by Gasteiger charge is 2.07. The number of ether oxygens (including phenoxy) is 2. The van der Waals surface area contributed by atoms with Gasteiger partial charge in [0.25, 0.3) is 0 Å². The van der Waals surface area contributed by atoms with Crippen LogP contribution < -0.4 is 14.8 Å². The van der Waals surface area contributed by atoms with Crippen LogP contribution >= 0.6 is 0 Å². The fraction of sp³-hybridized carbons (Fsp3) is 0.0667. The van der Waals surface area contributed by atoms with Gasteiger partial charge in [-0.1, -0.05) is 18.2 Å². The van der Waals surface area contributed by atoms with Gasteiger partial charge in [-0.05, 0) is 24.3 Å². The van der Waals surface area contributed by atoms with Gasteiger partial charge in [-0.25, -0.2) is 4.79 Å². The first-order valence-electron chi connectivity index (χ1n) is 5.95. The van der Waals surface area contributed by atoms with Crippen LogP contribution in [0.15, 0.2) is 48.5 Å². The van der Waals surface area contributed by atoms with Crippen molar-refractivity contribution in [2.75, 3.05) is 12.4 Å². The molecule has 0 aliphatic heterocycles. The van der Waals surface area contributed by atoms with Crippen LogP contribution in [0.2, 0.25) is 0 Å². The molecule has 102 valence electrons. The highest BCUT2D eigenvalue weighted by molar-refractivity contribution is 5.88. The van der Waals surface area contributed by atoms with Crippen LogP contribution in [0.4, 0.5) is 10.5 Å². The second kappa shape index (κ2) is 6.38. The summed E-state index contributed by atoms with van der Waals surface area (Å²) in [6.45, 7) is 0. The third kappa shape index (κ3) is 3.35. The largest absolute Gasteiger partial charge is 0.496 e. The first-order chi connectivity index (χ1) is 9.72. The molecule has 5 heteroatoms. The van der Waals surface area contributed by atoms with E-state index in [4.69, 9.17) is 14.9 Å². The molecule has 0 radical (unpaired) electrons. The standard InChI is InChI=1S/C15H14N2O3/c1-19-14-9-12(8-7-11(14)10-16)17-15(18)20-13-5-3-2-4-6-13/h2-10,16H,1H3,(H,17,18). The van der Waals surface area contributed by atoms with E-state index in [0.29, 0.717) is 22.7 Å². The maximum absolute atomic E-state index is 11.7. The molecule has 0 saturated carbocycles. The van der Waals surface area contributed by atoms with E-state index in [1.54, 1.807) is 42.5 Å². The molecular formula is C15H14N2O3. The van der Waals surface area contributed by atoms with Crippen molar-refractivity contribution in [3.05, 3.63) is 54.1 Å². The molecule has 0 heterocycles. The lowest BCUT2D eigenvalue weighted by atomic mass is 10.2. The minimum atomic E-state index is -0.583. The summed E-state index contributed by atoms with van der Waals surface area (Å²) in [7, 11) is 1.51. The summed E-state index contributed by atoms with van der Waals surface area (Å²) in [5, 5.41) is 9.83. The number of rotatable bonds is 4. The predicted octanol–water partition coefficient (Wildman–Crippen LogP) is 3.30. The van der Waals surface area contributed by atoms with Gasteiger partial charge < -0.3 is 14.9 Å². The van der Waals surface area contributed by atoms with Crippen molar-refractivity contribution in [1.29, 1.82) is 5.41 Å². The first-order valence-corrected chi connectivity index (χ1v) is 5.95. The zero-order valence-corrected chi connectivity index (χ0v) is 10.9. The van der Waals surface area contributed by atoms with Crippen LogP contribution in [-0.2, 0) is 0 Å². The van der Waals surface area contributed by atoms with E-state index in [2.05, 4.69) is 5.32 Å². The van der Waals surface area contributed by atoms with Crippen LogP contribution in [0, 0.1) is 5.41 Å². The smallest absolute Gasteiger partial charge is 0.417 e. The zero-order chi connectivity index (χ0) is 14.4. The summed E-state index contributed by atoms with van der Waals surface area (Å²) >= 11 is 0. The average Bonchev–Trinajstić information content (AvgIpc) is 2.48. The molecule has 0 aliphatic carbocycles. The maximum atomic E-state index is 11.7. The van der Waals surface area contributed by atoms with E-state index in [0.717, 1.165) is 0 Å². The van der Waals surface area contributed by atoms with Gasteiger partial charge in [0, 0.05) is 23.5 Å². The summed E-state index contributed by atoms with van der Waals surface area (Å²) in [5.74, 6) is 0.977. The van der Waals surface area contributed by atoms with Crippen molar-refractivity contribution in [3.63, 3.8) is 0 Å². The molecule has 0 aromatic heterocycles. The molecule has 2 N–H and O–H groups in total. The summed E-state index contributed by atoms with van der Waals surface area (Å²) in [5.41, 5.74) is 1.17. The van der Waals surface area contributed by atoms with Gasteiger partial charge in [0.1, 0.15) is 11.5 Å². The van der Waals surface area contributed by atoms with Crippen LogP contribution in [0.1, 0.15) is 5.56 Å². The van der Waals surface area contributed by atoms with Gasteiger partial charge in [0.15, 0.2) is 0 Å². The molecule has 0 fully saturated rings. The molecule has 0 saturated heterocycles. The Morgan fingerprint density at radius 1 is 1.20 bits per heavy atom. The number of carbonyl (C=O) groups is 1. The number of benzene rings is 2. The molecule has 2 rings (SSSR count). The number of nitrogens with one attached hydrogen (secondary N) is 2. The summed E-state index contributed by atoms with van der Waals surface area (Å²) in [4.78, 5) is 11.7. The number of carbonyl (C=O) groups excluding carboxylic acids is 1. The van der Waals surface area contributed by atoms with Gasteiger partial charge in [0.2, 0.25) is 0 Å². The molecule has 0 atom stereocenters. The van der Waals surface area contributed by atoms with Crippen LogP contribution in [0.3, 0.4) is 0 Å². The molecule has 2 aromatic carbocycles. The third-order valence-electron chi connectivity index (χ3n) is 2.59. The first kappa shape index (κ1) is 13.6. The second-order valence-corrected chi connectivity index (χ2v) is 3.93. The maximum Gasteiger partial charge on any atom is 0.417 e. The zero-order valence-electron chi connectivity index (χ0n) is 10.9. The number of methoxy groups -OCH3 is 1. The van der Waals surface area contributed by atoms with Crippen LogP contribution in [0.5, 0.6) is 11.5 Å². The highest BCUT2D eigenvalue weighted by Crippen LogP contribution is 2.22. The molecule has 1 amide bonds. The Bertz CT molecular complexity index is 612. The number of anilines is 1. The quantitative estimate of drug-likeness (QED) is 0.837. The van der Waals surface area contributed by atoms with Crippen molar-refractivity contribution in [2.45, 2.75) is 0 Å². The molecule has 0 bridgehead atoms. The SMILES string of the molecule is COc1cc(NC(=O)Oc2ccccc2)ccc1C=N. The van der Waals surface area contributed by atoms with Gasteiger partial charge >= 0.3 is 6.09 Å². The van der Waals surface area contributed by atoms with E-state index in [9.17, 15) is 4.79 Å². The Morgan fingerprint density at radius 2 is 1.95 bits per heavy atom.